The maximum absolute atomic E-state index is 14.0. The van der Waals surface area contributed by atoms with Crippen LogP contribution in [-0.4, -0.2) is 18.8 Å². The van der Waals surface area contributed by atoms with E-state index in [-0.39, 0.29) is 22.1 Å². The van der Waals surface area contributed by atoms with Crippen LogP contribution in [0.1, 0.15) is 12.0 Å². The first-order valence-electron chi connectivity index (χ1n) is 9.46. The van der Waals surface area contributed by atoms with Crippen LogP contribution in [-0.2, 0) is 19.1 Å². The number of allylic oxidation sites excluding steroid dienone is 3. The van der Waals surface area contributed by atoms with E-state index >= 15 is 0 Å². The molecular formula is C24H22O5PS+. The number of benzene rings is 3. The standard InChI is InChI=1S/C24H19O4PS.H2O/c25-29(26)20-15-17-24(18-16-20,30(27,28)21-11-5-2-6-12-21)23-14-8-7-13-22(23)19-9-3-1-4-10-19;/h1-17H,18H2;1H2/p+1. The van der Waals surface area contributed by atoms with E-state index in [1.807, 2.05) is 54.6 Å². The summed E-state index contributed by atoms with van der Waals surface area (Å²) in [5.41, 5.74) is 2.36. The quantitative estimate of drug-likeness (QED) is 0.562. The maximum atomic E-state index is 14.0. The molecule has 31 heavy (non-hydrogen) atoms. The molecule has 0 radical (unpaired) electrons. The Morgan fingerprint density at radius 1 is 0.839 bits per heavy atom. The van der Waals surface area contributed by atoms with Gasteiger partial charge in [-0.15, -0.1) is 0 Å². The highest BCUT2D eigenvalue weighted by molar-refractivity contribution is 7.92. The molecular weight excluding hydrogens is 431 g/mol. The van der Waals surface area contributed by atoms with Crippen LogP contribution in [0.4, 0.5) is 0 Å². The number of rotatable bonds is 5. The van der Waals surface area contributed by atoms with Crippen molar-refractivity contribution in [2.24, 2.45) is 0 Å². The minimum Gasteiger partial charge on any atom is -0.412 e. The molecule has 0 amide bonds. The van der Waals surface area contributed by atoms with Crippen molar-refractivity contribution in [3.05, 3.63) is 114 Å². The highest BCUT2D eigenvalue weighted by Gasteiger charge is 2.47. The fraction of sp³-hybridized carbons (Fsp3) is 0.0833. The molecule has 0 aromatic heterocycles. The van der Waals surface area contributed by atoms with E-state index in [4.69, 9.17) is 0 Å². The van der Waals surface area contributed by atoms with Gasteiger partial charge in [0.15, 0.2) is 9.84 Å². The summed E-state index contributed by atoms with van der Waals surface area (Å²) < 4.78 is 38.1. The van der Waals surface area contributed by atoms with E-state index in [1.54, 1.807) is 42.5 Å². The van der Waals surface area contributed by atoms with Crippen LogP contribution in [0.25, 0.3) is 11.1 Å². The topological polar surface area (TPSA) is 103 Å². The molecule has 0 aliphatic heterocycles. The third-order valence-corrected chi connectivity index (χ3v) is 8.51. The van der Waals surface area contributed by atoms with Crippen LogP contribution in [0.3, 0.4) is 0 Å². The molecule has 4 rings (SSSR count). The molecule has 0 heterocycles. The van der Waals surface area contributed by atoms with E-state index in [9.17, 15) is 17.9 Å². The van der Waals surface area contributed by atoms with E-state index in [0.717, 1.165) is 11.1 Å². The van der Waals surface area contributed by atoms with Gasteiger partial charge in [0.05, 0.1) is 4.90 Å². The Morgan fingerprint density at radius 3 is 2.00 bits per heavy atom. The zero-order valence-corrected chi connectivity index (χ0v) is 18.3. The number of hydrogen-bond donors (Lipinski definition) is 1. The normalized spacial score (nSPS) is 18.6. The summed E-state index contributed by atoms with van der Waals surface area (Å²) in [6, 6.07) is 25.4. The highest BCUT2D eigenvalue weighted by atomic mass is 32.2. The minimum atomic E-state index is -3.86. The third-order valence-electron chi connectivity index (χ3n) is 5.36. The average Bonchev–Trinajstić information content (AvgIpc) is 2.80. The SMILES string of the molecule is O.O=[P+](O)C1=CCC(c2ccccc2-c2ccccc2)(S(=O)(=O)c2ccccc2)C=C1. The van der Waals surface area contributed by atoms with Gasteiger partial charge < -0.3 is 5.48 Å². The molecule has 0 bridgehead atoms. The first-order chi connectivity index (χ1) is 14.5. The summed E-state index contributed by atoms with van der Waals surface area (Å²) in [7, 11) is -6.41. The molecule has 2 atom stereocenters. The maximum Gasteiger partial charge on any atom is 0.545 e. The van der Waals surface area contributed by atoms with Crippen LogP contribution in [0.15, 0.2) is 113 Å². The fourth-order valence-electron chi connectivity index (χ4n) is 3.83. The second-order valence-electron chi connectivity index (χ2n) is 7.06. The van der Waals surface area contributed by atoms with Crippen LogP contribution in [0.2, 0.25) is 0 Å². The second-order valence-corrected chi connectivity index (χ2v) is 10.3. The molecule has 0 saturated carbocycles. The Labute approximate surface area is 182 Å². The molecule has 7 heteroatoms. The van der Waals surface area contributed by atoms with E-state index < -0.39 is 22.6 Å². The van der Waals surface area contributed by atoms with Crippen molar-refractivity contribution in [3.8, 4) is 11.1 Å². The predicted octanol–water partition coefficient (Wildman–Crippen LogP) is 4.78. The monoisotopic (exact) mass is 453 g/mol. The Hall–Kier alpha value is -2.89. The predicted molar refractivity (Wildman–Crippen MR) is 122 cm³/mol. The first-order valence-corrected chi connectivity index (χ1v) is 12.2. The van der Waals surface area contributed by atoms with Gasteiger partial charge in [-0.1, -0.05) is 78.9 Å². The molecule has 0 spiro atoms. The summed E-state index contributed by atoms with van der Waals surface area (Å²) in [4.78, 5) is 9.72. The van der Waals surface area contributed by atoms with Gasteiger partial charge in [0.2, 0.25) is 5.31 Å². The minimum absolute atomic E-state index is 0. The molecule has 2 unspecified atom stereocenters. The van der Waals surface area contributed by atoms with E-state index in [1.165, 1.54) is 6.08 Å². The molecule has 3 N–H and O–H groups in total. The molecule has 3 aromatic rings. The van der Waals surface area contributed by atoms with Crippen LogP contribution in [0.5, 0.6) is 0 Å². The Kier molecular flexibility index (Phi) is 6.68. The van der Waals surface area contributed by atoms with E-state index in [0.29, 0.717) is 5.56 Å². The van der Waals surface area contributed by atoms with Crippen molar-refractivity contribution in [2.75, 3.05) is 0 Å². The smallest absolute Gasteiger partial charge is 0.412 e. The van der Waals surface area contributed by atoms with Crippen molar-refractivity contribution < 1.29 is 23.4 Å². The van der Waals surface area contributed by atoms with Gasteiger partial charge in [-0.3, -0.25) is 0 Å². The largest absolute Gasteiger partial charge is 0.545 e. The molecule has 1 aliphatic carbocycles. The first kappa shape index (κ1) is 22.8. The molecule has 0 saturated heterocycles. The van der Waals surface area contributed by atoms with E-state index in [2.05, 4.69) is 0 Å². The lowest BCUT2D eigenvalue weighted by molar-refractivity contribution is 0.509. The van der Waals surface area contributed by atoms with Crippen LogP contribution < -0.4 is 0 Å². The Balaban J connectivity index is 0.00000272. The summed E-state index contributed by atoms with van der Waals surface area (Å²) in [5, 5.41) is 0.237. The lowest BCUT2D eigenvalue weighted by atomic mass is 9.85. The summed E-state index contributed by atoms with van der Waals surface area (Å²) in [6.45, 7) is 0. The zero-order valence-electron chi connectivity index (χ0n) is 16.5. The second kappa shape index (κ2) is 9.08. The molecule has 5 nitrogen and oxygen atoms in total. The van der Waals surface area contributed by atoms with Crippen molar-refractivity contribution in [1.82, 2.24) is 0 Å². The number of sulfone groups is 1. The summed E-state index contributed by atoms with van der Waals surface area (Å²) in [6.07, 6.45) is 4.66. The lowest BCUT2D eigenvalue weighted by Crippen LogP contribution is -2.35. The van der Waals surface area contributed by atoms with Crippen molar-refractivity contribution in [1.29, 1.82) is 0 Å². The van der Waals surface area contributed by atoms with Gasteiger partial charge in [-0.25, -0.2) is 8.42 Å². The zero-order chi connectivity index (χ0) is 21.2. The van der Waals surface area contributed by atoms with Gasteiger partial charge in [0, 0.05) is 0 Å². The Bertz CT molecular complexity index is 1250. The summed E-state index contributed by atoms with van der Waals surface area (Å²) >= 11 is 0. The van der Waals surface area contributed by atoms with Crippen LogP contribution >= 0.6 is 8.03 Å². The van der Waals surface area contributed by atoms with Gasteiger partial charge in [-0.05, 0) is 52.0 Å². The van der Waals surface area contributed by atoms with Crippen molar-refractivity contribution >= 4 is 17.9 Å². The summed E-state index contributed by atoms with van der Waals surface area (Å²) in [5.74, 6) is 0. The van der Waals surface area contributed by atoms with Gasteiger partial charge in [0.1, 0.15) is 4.75 Å². The average molecular weight is 453 g/mol. The molecule has 1 aliphatic rings. The molecule has 3 aromatic carbocycles. The fourth-order valence-corrected chi connectivity index (χ4v) is 6.23. The van der Waals surface area contributed by atoms with Gasteiger partial charge in [0.25, 0.3) is 0 Å². The van der Waals surface area contributed by atoms with Crippen molar-refractivity contribution in [2.45, 2.75) is 16.1 Å². The lowest BCUT2D eigenvalue weighted by Gasteiger charge is -2.33. The van der Waals surface area contributed by atoms with Gasteiger partial charge in [-0.2, -0.15) is 4.89 Å². The molecule has 0 fully saturated rings. The third kappa shape index (κ3) is 4.03. The van der Waals surface area contributed by atoms with Crippen molar-refractivity contribution in [3.63, 3.8) is 0 Å². The Morgan fingerprint density at radius 2 is 1.42 bits per heavy atom. The van der Waals surface area contributed by atoms with Crippen LogP contribution in [0, 0.1) is 0 Å². The number of hydrogen-bond acceptors (Lipinski definition) is 3. The molecule has 158 valence electrons. The van der Waals surface area contributed by atoms with Gasteiger partial charge >= 0.3 is 8.03 Å². The highest BCUT2D eigenvalue weighted by Crippen LogP contribution is 2.48.